The highest BCUT2D eigenvalue weighted by Crippen LogP contribution is 2.20. The monoisotopic (exact) mass is 320 g/mol. The molecular formula is C12H24N4O4S. The number of sulfone groups is 1. The van der Waals surface area contributed by atoms with Gasteiger partial charge < -0.3 is 15.8 Å². The van der Waals surface area contributed by atoms with Gasteiger partial charge in [0.25, 0.3) is 0 Å². The van der Waals surface area contributed by atoms with Gasteiger partial charge in [-0.3, -0.25) is 9.69 Å². The Balaban J connectivity index is 2.72. The van der Waals surface area contributed by atoms with E-state index in [0.717, 1.165) is 6.26 Å². The van der Waals surface area contributed by atoms with Gasteiger partial charge in [-0.2, -0.15) is 0 Å². The zero-order chi connectivity index (χ0) is 16.4. The lowest BCUT2D eigenvalue weighted by molar-refractivity contribution is -0.135. The number of piperazine rings is 1. The summed E-state index contributed by atoms with van der Waals surface area (Å²) >= 11 is 0. The molecule has 1 aliphatic rings. The molecule has 0 aromatic carbocycles. The first-order chi connectivity index (χ1) is 9.52. The third-order valence-corrected chi connectivity index (χ3v) is 6.16. The Morgan fingerprint density at radius 2 is 1.76 bits per heavy atom. The number of amides is 1. The highest BCUT2D eigenvalue weighted by molar-refractivity contribution is 7.92. The first-order valence-corrected chi connectivity index (χ1v) is 8.62. The maximum Gasteiger partial charge on any atom is 0.243 e. The van der Waals surface area contributed by atoms with E-state index >= 15 is 0 Å². The van der Waals surface area contributed by atoms with E-state index in [4.69, 9.17) is 10.9 Å². The maximum absolute atomic E-state index is 12.4. The van der Waals surface area contributed by atoms with Crippen LogP contribution in [0.15, 0.2) is 5.16 Å². The number of hydrogen-bond acceptors (Lipinski definition) is 6. The van der Waals surface area contributed by atoms with Gasteiger partial charge in [-0.15, -0.1) is 0 Å². The molecule has 1 heterocycles. The zero-order valence-electron chi connectivity index (χ0n) is 12.9. The standard InChI is InChI=1S/C12H24N4O4S/c1-9(10(13)14-18)15-5-7-16(8-6-15)11(17)12(2,3)21(4,19)20/h9,18H,5-8H2,1-4H3,(H2,13,14). The van der Waals surface area contributed by atoms with Crippen molar-refractivity contribution in [1.82, 2.24) is 9.80 Å². The van der Waals surface area contributed by atoms with Gasteiger partial charge in [0.2, 0.25) is 5.91 Å². The van der Waals surface area contributed by atoms with Crippen LogP contribution in [0.4, 0.5) is 0 Å². The number of carbonyl (C=O) groups excluding carboxylic acids is 1. The summed E-state index contributed by atoms with van der Waals surface area (Å²) in [6.45, 7) is 6.59. The second-order valence-electron chi connectivity index (χ2n) is 5.81. The highest BCUT2D eigenvalue weighted by atomic mass is 32.2. The topological polar surface area (TPSA) is 116 Å². The predicted molar refractivity (Wildman–Crippen MR) is 79.9 cm³/mol. The second kappa shape index (κ2) is 6.18. The van der Waals surface area contributed by atoms with E-state index in [9.17, 15) is 13.2 Å². The van der Waals surface area contributed by atoms with E-state index < -0.39 is 14.6 Å². The van der Waals surface area contributed by atoms with Crippen LogP contribution in [0.2, 0.25) is 0 Å². The molecule has 3 N–H and O–H groups in total. The number of oxime groups is 1. The van der Waals surface area contributed by atoms with Gasteiger partial charge in [0.05, 0.1) is 6.04 Å². The molecule has 0 aromatic heterocycles. The van der Waals surface area contributed by atoms with Crippen LogP contribution in [0.1, 0.15) is 20.8 Å². The number of nitrogens with two attached hydrogens (primary N) is 1. The summed E-state index contributed by atoms with van der Waals surface area (Å²) in [5.41, 5.74) is 5.57. The van der Waals surface area contributed by atoms with Crippen molar-refractivity contribution in [1.29, 1.82) is 0 Å². The van der Waals surface area contributed by atoms with Gasteiger partial charge in [0.1, 0.15) is 4.75 Å². The highest BCUT2D eigenvalue weighted by Gasteiger charge is 2.42. The molecule has 21 heavy (non-hydrogen) atoms. The lowest BCUT2D eigenvalue weighted by atomic mass is 10.1. The molecule has 1 aliphatic heterocycles. The molecule has 1 amide bonds. The van der Waals surface area contributed by atoms with Crippen LogP contribution in [0.3, 0.4) is 0 Å². The first-order valence-electron chi connectivity index (χ1n) is 6.72. The molecule has 0 radical (unpaired) electrons. The Hall–Kier alpha value is -1.35. The minimum Gasteiger partial charge on any atom is -0.409 e. The van der Waals surface area contributed by atoms with Crippen molar-refractivity contribution < 1.29 is 18.4 Å². The molecule has 1 saturated heterocycles. The molecule has 1 fully saturated rings. The fourth-order valence-electron chi connectivity index (χ4n) is 2.12. The number of rotatable bonds is 4. The van der Waals surface area contributed by atoms with Crippen molar-refractivity contribution in [3.05, 3.63) is 0 Å². The molecule has 1 unspecified atom stereocenters. The fourth-order valence-corrected chi connectivity index (χ4v) is 2.57. The maximum atomic E-state index is 12.4. The van der Waals surface area contributed by atoms with Crippen LogP contribution in [-0.4, -0.2) is 78.4 Å². The van der Waals surface area contributed by atoms with Crippen molar-refractivity contribution >= 4 is 21.6 Å². The molecule has 9 heteroatoms. The van der Waals surface area contributed by atoms with Gasteiger partial charge in [-0.25, -0.2) is 8.42 Å². The van der Waals surface area contributed by atoms with E-state index in [-0.39, 0.29) is 17.8 Å². The molecule has 1 rings (SSSR count). The first kappa shape index (κ1) is 17.7. The molecule has 0 aliphatic carbocycles. The SMILES string of the molecule is CC(C(N)=NO)N1CCN(C(=O)C(C)(C)S(C)(=O)=O)CC1. The van der Waals surface area contributed by atoms with Gasteiger partial charge in [0.15, 0.2) is 15.7 Å². The van der Waals surface area contributed by atoms with Crippen LogP contribution in [0, 0.1) is 0 Å². The Labute approximate surface area is 125 Å². The zero-order valence-corrected chi connectivity index (χ0v) is 13.7. The summed E-state index contributed by atoms with van der Waals surface area (Å²) in [5.74, 6) is -0.271. The third kappa shape index (κ3) is 3.65. The lowest BCUT2D eigenvalue weighted by Crippen LogP contribution is -2.58. The molecule has 122 valence electrons. The van der Waals surface area contributed by atoms with Gasteiger partial charge in [0, 0.05) is 32.4 Å². The van der Waals surface area contributed by atoms with Gasteiger partial charge in [-0.1, -0.05) is 5.16 Å². The van der Waals surface area contributed by atoms with E-state index in [1.54, 1.807) is 4.90 Å². The lowest BCUT2D eigenvalue weighted by Gasteiger charge is -2.39. The summed E-state index contributed by atoms with van der Waals surface area (Å²) in [5, 5.41) is 11.7. The van der Waals surface area contributed by atoms with E-state index in [1.807, 2.05) is 11.8 Å². The average Bonchev–Trinajstić information content (AvgIpc) is 2.43. The predicted octanol–water partition coefficient (Wildman–Crippen LogP) is -0.911. The van der Waals surface area contributed by atoms with Crippen molar-refractivity contribution in [2.75, 3.05) is 32.4 Å². The summed E-state index contributed by atoms with van der Waals surface area (Å²) in [6, 6.07) is -0.227. The Morgan fingerprint density at radius 1 is 1.29 bits per heavy atom. The molecule has 0 spiro atoms. The van der Waals surface area contributed by atoms with Crippen LogP contribution in [-0.2, 0) is 14.6 Å². The third-order valence-electron chi connectivity index (χ3n) is 4.13. The largest absolute Gasteiger partial charge is 0.409 e. The summed E-state index contributed by atoms with van der Waals surface area (Å²) in [4.78, 5) is 15.9. The normalized spacial score (nSPS) is 20.4. The van der Waals surface area contributed by atoms with Crippen molar-refractivity contribution in [3.8, 4) is 0 Å². The second-order valence-corrected chi connectivity index (χ2v) is 8.38. The molecule has 1 atom stereocenters. The number of carbonyl (C=O) groups is 1. The Morgan fingerprint density at radius 3 is 2.14 bits per heavy atom. The van der Waals surface area contributed by atoms with Crippen LogP contribution in [0.5, 0.6) is 0 Å². The summed E-state index contributed by atoms with van der Waals surface area (Å²) < 4.78 is 22.0. The fraction of sp³-hybridized carbons (Fsp3) is 0.833. The summed E-state index contributed by atoms with van der Waals surface area (Å²) in [7, 11) is -3.48. The number of amidine groups is 1. The van der Waals surface area contributed by atoms with Gasteiger partial charge in [-0.05, 0) is 20.8 Å². The molecule has 0 aromatic rings. The smallest absolute Gasteiger partial charge is 0.243 e. The molecule has 0 bridgehead atoms. The molecule has 0 saturated carbocycles. The Kier molecular flexibility index (Phi) is 5.21. The average molecular weight is 320 g/mol. The molecule has 8 nitrogen and oxygen atoms in total. The quantitative estimate of drug-likeness (QED) is 0.300. The van der Waals surface area contributed by atoms with Crippen molar-refractivity contribution in [3.63, 3.8) is 0 Å². The van der Waals surface area contributed by atoms with Crippen LogP contribution in [0.25, 0.3) is 0 Å². The summed E-state index contributed by atoms with van der Waals surface area (Å²) in [6.07, 6.45) is 1.07. The minimum atomic E-state index is -3.48. The van der Waals surface area contributed by atoms with E-state index in [0.29, 0.717) is 26.2 Å². The van der Waals surface area contributed by atoms with Crippen LogP contribution < -0.4 is 5.73 Å². The molecular weight excluding hydrogens is 296 g/mol. The van der Waals surface area contributed by atoms with E-state index in [1.165, 1.54) is 13.8 Å². The Bertz CT molecular complexity index is 521. The van der Waals surface area contributed by atoms with Crippen molar-refractivity contribution in [2.24, 2.45) is 10.9 Å². The number of nitrogens with zero attached hydrogens (tertiary/aromatic N) is 3. The van der Waals surface area contributed by atoms with Crippen LogP contribution >= 0.6 is 0 Å². The van der Waals surface area contributed by atoms with E-state index in [2.05, 4.69) is 5.16 Å². The van der Waals surface area contributed by atoms with Crippen molar-refractivity contribution in [2.45, 2.75) is 31.6 Å². The van der Waals surface area contributed by atoms with Gasteiger partial charge >= 0.3 is 0 Å². The minimum absolute atomic E-state index is 0.117. The number of hydrogen-bond donors (Lipinski definition) is 2.